The molecule has 5 rings (SSSR count). The lowest BCUT2D eigenvalue weighted by Crippen LogP contribution is -2.29. The third-order valence-corrected chi connectivity index (χ3v) is 8.12. The maximum absolute atomic E-state index is 13.2. The number of rotatable bonds is 14. The molecule has 0 atom stereocenters. The van der Waals surface area contributed by atoms with E-state index >= 15 is 0 Å². The Morgan fingerprint density at radius 3 is 2.10 bits per heavy atom. The van der Waals surface area contributed by atoms with Gasteiger partial charge in [-0.2, -0.15) is 0 Å². The Morgan fingerprint density at radius 1 is 0.824 bits per heavy atom. The molecule has 262 valence electrons. The van der Waals surface area contributed by atoms with Crippen LogP contribution in [0, 0.1) is 0 Å². The summed E-state index contributed by atoms with van der Waals surface area (Å²) < 4.78 is 3.25. The molecule has 3 amide bonds. The summed E-state index contributed by atoms with van der Waals surface area (Å²) in [7, 11) is 7.43. The maximum atomic E-state index is 13.2. The Kier molecular flexibility index (Phi) is 11.8. The highest BCUT2D eigenvalue weighted by molar-refractivity contribution is 6.07. The second-order valence-electron chi connectivity index (χ2n) is 12.3. The van der Waals surface area contributed by atoms with Crippen molar-refractivity contribution in [3.63, 3.8) is 0 Å². The van der Waals surface area contributed by atoms with Gasteiger partial charge in [-0.3, -0.25) is 24.4 Å². The number of nitrogens with zero attached hydrogens (tertiary/aromatic N) is 5. The fourth-order valence-electron chi connectivity index (χ4n) is 5.27. The molecule has 0 fully saturated rings. The molecule has 0 bridgehead atoms. The number of anilines is 3. The van der Waals surface area contributed by atoms with Crippen molar-refractivity contribution in [2.75, 3.05) is 42.7 Å². The molecule has 5 N–H and O–H groups in total. The van der Waals surface area contributed by atoms with Crippen LogP contribution >= 0.6 is 0 Å². The van der Waals surface area contributed by atoms with Gasteiger partial charge in [-0.1, -0.05) is 48.5 Å². The molecule has 0 saturated carbocycles. The summed E-state index contributed by atoms with van der Waals surface area (Å²) in [5.74, 6) is -0.574. The fourth-order valence-corrected chi connectivity index (χ4v) is 5.27. The van der Waals surface area contributed by atoms with Crippen molar-refractivity contribution in [3.05, 3.63) is 131 Å². The van der Waals surface area contributed by atoms with Gasteiger partial charge in [0.05, 0.1) is 28.5 Å². The highest BCUT2D eigenvalue weighted by atomic mass is 16.2. The van der Waals surface area contributed by atoms with Crippen molar-refractivity contribution < 1.29 is 14.4 Å². The predicted octanol–water partition coefficient (Wildman–Crippen LogP) is 5.22. The molecule has 12 nitrogen and oxygen atoms in total. The molecule has 2 aromatic carbocycles. The highest BCUT2D eigenvalue weighted by Crippen LogP contribution is 2.19. The molecule has 0 spiro atoms. The van der Waals surface area contributed by atoms with Crippen LogP contribution in [0.25, 0.3) is 12.2 Å². The number of pyridine rings is 1. The van der Waals surface area contributed by atoms with Gasteiger partial charge in [0.25, 0.3) is 17.7 Å². The van der Waals surface area contributed by atoms with Crippen molar-refractivity contribution >= 4 is 52.8 Å². The molecular formula is C39H43N9O3. The second kappa shape index (κ2) is 16.8. The van der Waals surface area contributed by atoms with E-state index in [9.17, 15) is 14.4 Å². The Hall–Kier alpha value is -6.43. The molecule has 0 saturated heterocycles. The van der Waals surface area contributed by atoms with Crippen molar-refractivity contribution in [1.29, 1.82) is 0 Å². The van der Waals surface area contributed by atoms with Crippen LogP contribution in [0.2, 0.25) is 0 Å². The van der Waals surface area contributed by atoms with Gasteiger partial charge < -0.3 is 35.7 Å². The number of amides is 3. The minimum Gasteiger partial charge on any atom is -0.387 e. The number of aliphatic imine (C=N–C) groups is 1. The van der Waals surface area contributed by atoms with Crippen LogP contribution in [0.5, 0.6) is 0 Å². The van der Waals surface area contributed by atoms with Crippen LogP contribution in [0.4, 0.5) is 17.1 Å². The van der Waals surface area contributed by atoms with E-state index in [-0.39, 0.29) is 11.8 Å². The van der Waals surface area contributed by atoms with E-state index < -0.39 is 5.91 Å². The van der Waals surface area contributed by atoms with E-state index in [1.165, 1.54) is 11.8 Å². The lowest BCUT2D eigenvalue weighted by molar-refractivity contribution is 0.0945. The van der Waals surface area contributed by atoms with E-state index in [0.29, 0.717) is 59.4 Å². The summed E-state index contributed by atoms with van der Waals surface area (Å²) in [4.78, 5) is 49.8. The molecular weight excluding hydrogens is 642 g/mol. The van der Waals surface area contributed by atoms with Gasteiger partial charge in [0, 0.05) is 72.0 Å². The Labute approximate surface area is 297 Å². The zero-order valence-electron chi connectivity index (χ0n) is 29.3. The number of aryl methyl sites for hydroxylation is 2. The van der Waals surface area contributed by atoms with Crippen LogP contribution in [0.1, 0.15) is 54.6 Å². The van der Waals surface area contributed by atoms with Crippen molar-refractivity contribution in [3.8, 4) is 0 Å². The lowest BCUT2D eigenvalue weighted by atomic mass is 10.1. The normalized spacial score (nSPS) is 11.4. The first-order valence-electron chi connectivity index (χ1n) is 16.5. The third kappa shape index (κ3) is 10.0. The van der Waals surface area contributed by atoms with Crippen LogP contribution in [-0.2, 0) is 20.5 Å². The number of amidine groups is 1. The molecule has 0 aliphatic heterocycles. The summed E-state index contributed by atoms with van der Waals surface area (Å²) in [6.45, 7) is 0.908. The average molecular weight is 686 g/mol. The predicted molar refractivity (Wildman–Crippen MR) is 204 cm³/mol. The van der Waals surface area contributed by atoms with E-state index in [1.807, 2.05) is 85.7 Å². The summed E-state index contributed by atoms with van der Waals surface area (Å²) >= 11 is 0. The van der Waals surface area contributed by atoms with E-state index in [2.05, 4.69) is 25.9 Å². The molecule has 3 heterocycles. The van der Waals surface area contributed by atoms with Crippen LogP contribution in [-0.4, -0.2) is 64.9 Å². The van der Waals surface area contributed by atoms with Gasteiger partial charge >= 0.3 is 0 Å². The first-order chi connectivity index (χ1) is 24.5. The smallest absolute Gasteiger partial charge is 0.272 e. The summed E-state index contributed by atoms with van der Waals surface area (Å²) in [5.41, 5.74) is 12.1. The van der Waals surface area contributed by atoms with Crippen LogP contribution < -0.4 is 26.6 Å². The van der Waals surface area contributed by atoms with E-state index in [4.69, 9.17) is 5.73 Å². The largest absolute Gasteiger partial charge is 0.387 e. The van der Waals surface area contributed by atoms with Gasteiger partial charge in [-0.05, 0) is 60.0 Å². The number of hydrogen-bond acceptors (Lipinski definition) is 6. The SMILES string of the molecule is CN(C)c1ccc(/C=C/c2ccc(C(=O)Nc3cc(C(=O)Nc4cc(C(=O)NCCC(N)=NCCc5ccccc5)n(C)c4)n(C)c3)cn2)cc1. The fraction of sp³-hybridized carbons (Fsp3) is 0.205. The Bertz CT molecular complexity index is 2020. The third-order valence-electron chi connectivity index (χ3n) is 8.12. The van der Waals surface area contributed by atoms with Crippen LogP contribution in [0.15, 0.2) is 102 Å². The zero-order valence-corrected chi connectivity index (χ0v) is 29.3. The van der Waals surface area contributed by atoms with Gasteiger partial charge in [-0.25, -0.2) is 0 Å². The molecule has 12 heteroatoms. The van der Waals surface area contributed by atoms with E-state index in [1.54, 1.807) is 59.9 Å². The molecule has 0 aliphatic carbocycles. The van der Waals surface area contributed by atoms with Gasteiger partial charge in [0.15, 0.2) is 0 Å². The lowest BCUT2D eigenvalue weighted by Gasteiger charge is -2.11. The average Bonchev–Trinajstić information content (AvgIpc) is 3.68. The molecule has 5 aromatic rings. The minimum atomic E-state index is -0.399. The number of benzene rings is 2. The summed E-state index contributed by atoms with van der Waals surface area (Å²) in [5, 5.41) is 8.51. The second-order valence-corrected chi connectivity index (χ2v) is 12.3. The molecule has 0 unspecified atom stereocenters. The Morgan fingerprint density at radius 2 is 1.47 bits per heavy atom. The molecule has 0 radical (unpaired) electrons. The van der Waals surface area contributed by atoms with Crippen molar-refractivity contribution in [2.24, 2.45) is 24.8 Å². The first-order valence-corrected chi connectivity index (χ1v) is 16.5. The zero-order chi connectivity index (χ0) is 36.3. The minimum absolute atomic E-state index is 0.299. The molecule has 51 heavy (non-hydrogen) atoms. The number of carbonyl (C=O) groups is 3. The van der Waals surface area contributed by atoms with Gasteiger partial charge in [-0.15, -0.1) is 0 Å². The van der Waals surface area contributed by atoms with Crippen LogP contribution in [0.3, 0.4) is 0 Å². The molecule has 3 aromatic heterocycles. The van der Waals surface area contributed by atoms with Gasteiger partial charge in [0.1, 0.15) is 11.4 Å². The topological polar surface area (TPSA) is 152 Å². The van der Waals surface area contributed by atoms with E-state index in [0.717, 1.165) is 17.7 Å². The quantitative estimate of drug-likeness (QED) is 0.0930. The number of hydrogen-bond donors (Lipinski definition) is 4. The number of nitrogens with one attached hydrogen (secondary N) is 3. The number of carbonyl (C=O) groups excluding carboxylic acids is 3. The molecule has 0 aliphatic rings. The van der Waals surface area contributed by atoms with Gasteiger partial charge in [0.2, 0.25) is 0 Å². The van der Waals surface area contributed by atoms with Crippen molar-refractivity contribution in [2.45, 2.75) is 12.8 Å². The number of nitrogens with two attached hydrogens (primary N) is 1. The monoisotopic (exact) mass is 685 g/mol. The maximum Gasteiger partial charge on any atom is 0.272 e. The summed E-state index contributed by atoms with van der Waals surface area (Å²) in [6, 6.07) is 24.9. The number of aromatic nitrogens is 3. The summed E-state index contributed by atoms with van der Waals surface area (Å²) in [6.07, 6.45) is 9.89. The van der Waals surface area contributed by atoms with Crippen molar-refractivity contribution in [1.82, 2.24) is 19.4 Å². The standard InChI is InChI=1S/C39H43N9O3/c1-46(2)33-16-11-28(12-17-33)10-14-30-15-13-29(24-43-30)37(49)44-31-23-35(48(4)25-31)39(51)45-32-22-34(47(3)26-32)38(50)42-21-19-36(40)41-20-18-27-8-6-5-7-9-27/h5-17,22-26H,18-21H2,1-4H3,(H2,40,41)(H,42,50)(H,44,49)(H,45,51)/b14-10+. The first kappa shape index (κ1) is 35.9. The Balaban J connectivity index is 1.10. The highest BCUT2D eigenvalue weighted by Gasteiger charge is 2.17.